The average Bonchev–Trinajstić information content (AvgIpc) is 3.01. The molecule has 6 heteroatoms. The van der Waals surface area contributed by atoms with Crippen LogP contribution >= 0.6 is 0 Å². The fourth-order valence-electron chi connectivity index (χ4n) is 4.49. The van der Waals surface area contributed by atoms with Gasteiger partial charge in [-0.15, -0.1) is 0 Å². The predicted octanol–water partition coefficient (Wildman–Crippen LogP) is 5.88. The van der Waals surface area contributed by atoms with Gasteiger partial charge in [0.15, 0.2) is 0 Å². The van der Waals surface area contributed by atoms with Crippen LogP contribution in [0.1, 0.15) is 65.2 Å². The van der Waals surface area contributed by atoms with Crippen LogP contribution in [-0.4, -0.2) is 40.9 Å². The number of hydrogen-bond donors (Lipinski definition) is 0. The summed E-state index contributed by atoms with van der Waals surface area (Å²) in [5.41, 5.74) is 3.95. The Morgan fingerprint density at radius 3 is 2.56 bits per heavy atom. The smallest absolute Gasteiger partial charge is 0.259 e. The Kier molecular flexibility index (Phi) is 8.85. The van der Waals surface area contributed by atoms with Crippen LogP contribution in [0.2, 0.25) is 0 Å². The minimum atomic E-state index is -0.0325. The number of benzene rings is 2. The van der Waals surface area contributed by atoms with Crippen molar-refractivity contribution in [3.05, 3.63) is 101 Å². The molecule has 0 N–H and O–H groups in total. The fraction of sp³-hybridized carbons (Fsp3) is 0.367. The largest absolute Gasteiger partial charge is 0.369 e. The minimum Gasteiger partial charge on any atom is -0.369 e. The highest BCUT2D eigenvalue weighted by Crippen LogP contribution is 2.27. The highest BCUT2D eigenvalue weighted by Gasteiger charge is 2.27. The number of rotatable bonds is 10. The number of carbonyl (C=O) groups excluding carboxylic acids is 1. The Bertz CT molecular complexity index is 1180. The van der Waals surface area contributed by atoms with Crippen LogP contribution < -0.4 is 4.90 Å². The van der Waals surface area contributed by atoms with E-state index in [4.69, 9.17) is 4.74 Å². The molecule has 2 heterocycles. The molecule has 0 fully saturated rings. The van der Waals surface area contributed by atoms with Crippen LogP contribution in [0.4, 0.5) is 5.82 Å². The van der Waals surface area contributed by atoms with Crippen molar-refractivity contribution in [2.45, 2.75) is 52.4 Å². The lowest BCUT2D eigenvalue weighted by Crippen LogP contribution is -2.33. The van der Waals surface area contributed by atoms with Crippen molar-refractivity contribution < 1.29 is 9.53 Å². The summed E-state index contributed by atoms with van der Waals surface area (Å²) in [6.45, 7) is 6.35. The number of likely N-dealkylation sites (N-methyl/N-ethyl adjacent to an activating group) is 1. The van der Waals surface area contributed by atoms with Crippen LogP contribution in [-0.2, 0) is 17.9 Å². The number of fused-ring (bicyclic) bond motifs is 1. The second-order valence-corrected chi connectivity index (χ2v) is 9.24. The number of nitrogens with zero attached hydrogens (tertiary/aromatic N) is 4. The normalized spacial score (nSPS) is 14.7. The van der Waals surface area contributed by atoms with Crippen LogP contribution in [0.25, 0.3) is 0 Å². The summed E-state index contributed by atoms with van der Waals surface area (Å²) in [7, 11) is 1.98. The first-order chi connectivity index (χ1) is 17.6. The van der Waals surface area contributed by atoms with Crippen molar-refractivity contribution >= 4 is 11.7 Å². The van der Waals surface area contributed by atoms with Gasteiger partial charge < -0.3 is 14.5 Å². The summed E-state index contributed by atoms with van der Waals surface area (Å²) in [5.74, 6) is 1.34. The van der Waals surface area contributed by atoms with E-state index in [2.05, 4.69) is 65.4 Å². The van der Waals surface area contributed by atoms with E-state index in [0.29, 0.717) is 36.9 Å². The number of allylic oxidation sites excluding steroid dienone is 2. The van der Waals surface area contributed by atoms with Crippen molar-refractivity contribution in [3.63, 3.8) is 0 Å². The molecule has 1 amide bonds. The van der Waals surface area contributed by atoms with E-state index in [0.717, 1.165) is 36.9 Å². The summed E-state index contributed by atoms with van der Waals surface area (Å²) in [4.78, 5) is 26.1. The highest BCUT2D eigenvalue weighted by molar-refractivity contribution is 5.99. The van der Waals surface area contributed by atoms with Crippen molar-refractivity contribution in [3.8, 4) is 0 Å². The third kappa shape index (κ3) is 6.38. The summed E-state index contributed by atoms with van der Waals surface area (Å²) in [6.07, 6.45) is 9.06. The molecule has 1 aliphatic heterocycles. The van der Waals surface area contributed by atoms with Gasteiger partial charge in [0.2, 0.25) is 0 Å². The molecule has 3 aromatic rings. The first kappa shape index (κ1) is 25.6. The van der Waals surface area contributed by atoms with Crippen molar-refractivity contribution in [2.75, 3.05) is 25.0 Å². The van der Waals surface area contributed by atoms with Crippen molar-refractivity contribution in [1.29, 1.82) is 0 Å². The molecule has 6 nitrogen and oxygen atoms in total. The monoisotopic (exact) mass is 484 g/mol. The maximum Gasteiger partial charge on any atom is 0.259 e. The molecule has 1 aromatic heterocycles. The van der Waals surface area contributed by atoms with Crippen LogP contribution in [0.5, 0.6) is 0 Å². The molecular weight excluding hydrogens is 448 g/mol. The van der Waals surface area contributed by atoms with E-state index >= 15 is 0 Å². The first-order valence-corrected chi connectivity index (χ1v) is 12.8. The van der Waals surface area contributed by atoms with E-state index in [1.807, 2.05) is 42.0 Å². The zero-order chi connectivity index (χ0) is 25.3. The van der Waals surface area contributed by atoms with Gasteiger partial charge in [-0.2, -0.15) is 0 Å². The number of amides is 1. The number of anilines is 1. The fourth-order valence-corrected chi connectivity index (χ4v) is 4.49. The maximum atomic E-state index is 13.4. The Hall–Kier alpha value is -3.51. The van der Waals surface area contributed by atoms with Crippen LogP contribution in [0.3, 0.4) is 0 Å². The molecule has 2 aromatic carbocycles. The second-order valence-electron chi connectivity index (χ2n) is 9.24. The number of hydrogen-bond acceptors (Lipinski definition) is 5. The van der Waals surface area contributed by atoms with Gasteiger partial charge in [-0.25, -0.2) is 9.97 Å². The quantitative estimate of drug-likeness (QED) is 0.336. The van der Waals surface area contributed by atoms with Gasteiger partial charge in [0.1, 0.15) is 17.2 Å². The van der Waals surface area contributed by atoms with E-state index in [1.54, 1.807) is 6.20 Å². The van der Waals surface area contributed by atoms with Gasteiger partial charge >= 0.3 is 0 Å². The molecule has 0 aliphatic carbocycles. The standard InChI is InChI=1S/C30H36N4O2/c1-4-5-6-10-17-28(24-13-8-7-9-14-24)36-22-26-16-12-11-15-25(26)21-34-19-18-33(3)29-27(30(34)35)20-31-23(2)32-29/h5-9,11-16,20,28H,4,10,17-19,21-22H2,1-3H3/b6-5+. The van der Waals surface area contributed by atoms with E-state index in [-0.39, 0.29) is 12.0 Å². The molecular formula is C30H36N4O2. The lowest BCUT2D eigenvalue weighted by Gasteiger charge is -2.23. The number of aryl methyl sites for hydroxylation is 1. The van der Waals surface area contributed by atoms with Gasteiger partial charge in [0, 0.05) is 32.9 Å². The zero-order valence-electron chi connectivity index (χ0n) is 21.6. The Morgan fingerprint density at radius 2 is 1.78 bits per heavy atom. The third-order valence-electron chi connectivity index (χ3n) is 6.56. The Labute approximate surface area is 214 Å². The summed E-state index contributed by atoms with van der Waals surface area (Å²) in [6, 6.07) is 18.7. The lowest BCUT2D eigenvalue weighted by molar-refractivity contribution is 0.0337. The number of ether oxygens (including phenoxy) is 1. The topological polar surface area (TPSA) is 58.6 Å². The minimum absolute atomic E-state index is 0.0153. The van der Waals surface area contributed by atoms with Crippen LogP contribution in [0, 0.1) is 6.92 Å². The Balaban J connectivity index is 1.49. The van der Waals surface area contributed by atoms with Gasteiger partial charge in [-0.3, -0.25) is 4.79 Å². The van der Waals surface area contributed by atoms with E-state index < -0.39 is 0 Å². The van der Waals surface area contributed by atoms with Gasteiger partial charge in [0.25, 0.3) is 5.91 Å². The second kappa shape index (κ2) is 12.5. The van der Waals surface area contributed by atoms with Crippen LogP contribution in [0.15, 0.2) is 72.9 Å². The average molecular weight is 485 g/mol. The maximum absolute atomic E-state index is 13.4. The number of carbonyl (C=O) groups is 1. The zero-order valence-corrected chi connectivity index (χ0v) is 21.6. The summed E-state index contributed by atoms with van der Waals surface area (Å²) >= 11 is 0. The molecule has 0 spiro atoms. The molecule has 4 rings (SSSR count). The number of aromatic nitrogens is 2. The molecule has 1 atom stereocenters. The predicted molar refractivity (Wildman–Crippen MR) is 144 cm³/mol. The van der Waals surface area contributed by atoms with Gasteiger partial charge in [-0.05, 0) is 42.9 Å². The molecule has 0 radical (unpaired) electrons. The van der Waals surface area contributed by atoms with Crippen molar-refractivity contribution in [1.82, 2.24) is 14.9 Å². The first-order valence-electron chi connectivity index (χ1n) is 12.8. The van der Waals surface area contributed by atoms with Gasteiger partial charge in [-0.1, -0.05) is 73.7 Å². The summed E-state index contributed by atoms with van der Waals surface area (Å²) < 4.78 is 6.50. The molecule has 188 valence electrons. The third-order valence-corrected chi connectivity index (χ3v) is 6.56. The van der Waals surface area contributed by atoms with E-state index in [9.17, 15) is 4.79 Å². The molecule has 1 unspecified atom stereocenters. The molecule has 0 saturated heterocycles. The van der Waals surface area contributed by atoms with E-state index in [1.165, 1.54) is 5.56 Å². The SMILES string of the molecule is CC/C=C/CCC(OCc1ccccc1CN1CCN(C)c2nc(C)ncc2C1=O)c1ccccc1. The lowest BCUT2D eigenvalue weighted by atomic mass is 10.0. The Morgan fingerprint density at radius 1 is 1.03 bits per heavy atom. The molecule has 36 heavy (non-hydrogen) atoms. The molecule has 1 aliphatic rings. The highest BCUT2D eigenvalue weighted by atomic mass is 16.5. The van der Waals surface area contributed by atoms with Crippen molar-refractivity contribution in [2.24, 2.45) is 0 Å². The summed E-state index contributed by atoms with van der Waals surface area (Å²) in [5, 5.41) is 0. The molecule has 0 bridgehead atoms. The van der Waals surface area contributed by atoms with Gasteiger partial charge in [0.05, 0.1) is 12.7 Å². The molecule has 0 saturated carbocycles.